The molecule has 1 aliphatic carbocycles. The van der Waals surface area contributed by atoms with Crippen LogP contribution < -0.4 is 11.1 Å². The Morgan fingerprint density at radius 2 is 1.86 bits per heavy atom. The molecule has 1 aromatic rings. The van der Waals surface area contributed by atoms with E-state index in [4.69, 9.17) is 5.73 Å². The molecule has 124 valence electrons. The third kappa shape index (κ3) is 5.18. The average molecular weight is 337 g/mol. The molecule has 0 atom stereocenters. The Morgan fingerprint density at radius 3 is 2.41 bits per heavy atom. The molecule has 1 amide bonds. The van der Waals surface area contributed by atoms with E-state index < -0.39 is 11.7 Å². The van der Waals surface area contributed by atoms with E-state index in [0.717, 1.165) is 37.8 Å². The lowest BCUT2D eigenvalue weighted by Crippen LogP contribution is -2.16. The maximum absolute atomic E-state index is 12.8. The number of nitrogens with one attached hydrogen (secondary N) is 1. The summed E-state index contributed by atoms with van der Waals surface area (Å²) < 4.78 is 38.4. The van der Waals surface area contributed by atoms with Gasteiger partial charge in [-0.05, 0) is 42.5 Å². The summed E-state index contributed by atoms with van der Waals surface area (Å²) in [6.45, 7) is -0.00455. The number of nitrogens with two attached hydrogens (primary N) is 1. The third-order valence-electron chi connectivity index (χ3n) is 3.79. The van der Waals surface area contributed by atoms with Crippen LogP contribution >= 0.6 is 12.4 Å². The van der Waals surface area contributed by atoms with Gasteiger partial charge >= 0.3 is 6.18 Å². The second-order valence-electron chi connectivity index (χ2n) is 5.52. The second kappa shape index (κ2) is 7.83. The first kappa shape index (κ1) is 18.8. The minimum absolute atomic E-state index is 0. The molecule has 0 unspecified atom stereocenters. The molecular formula is C15H20ClF3N2O. The molecular weight excluding hydrogens is 317 g/mol. The van der Waals surface area contributed by atoms with Crippen molar-refractivity contribution in [2.24, 2.45) is 11.7 Å². The van der Waals surface area contributed by atoms with E-state index in [1.807, 2.05) is 0 Å². The largest absolute Gasteiger partial charge is 0.416 e. The number of benzene rings is 1. The Bertz CT molecular complexity index is 514. The summed E-state index contributed by atoms with van der Waals surface area (Å²) in [7, 11) is 0. The van der Waals surface area contributed by atoms with Gasteiger partial charge < -0.3 is 11.1 Å². The standard InChI is InChI=1S/C15H19F3N2O.ClH/c16-15(17,18)12-5-11(9-19)6-13(8-12)20-14(21)7-10-3-1-2-4-10;/h5-6,8,10H,1-4,7,9,19H2,(H,20,21);1H. The highest BCUT2D eigenvalue weighted by atomic mass is 35.5. The van der Waals surface area contributed by atoms with Crippen molar-refractivity contribution in [1.82, 2.24) is 0 Å². The number of amides is 1. The first-order chi connectivity index (χ1) is 9.88. The zero-order valence-corrected chi connectivity index (χ0v) is 12.9. The SMILES string of the molecule is Cl.NCc1cc(NC(=O)CC2CCCC2)cc(C(F)(F)F)c1. The van der Waals surface area contributed by atoms with Gasteiger partial charge in [0.1, 0.15) is 0 Å². The van der Waals surface area contributed by atoms with Crippen LogP contribution in [0.5, 0.6) is 0 Å². The van der Waals surface area contributed by atoms with Crippen LogP contribution in [-0.2, 0) is 17.5 Å². The smallest absolute Gasteiger partial charge is 0.326 e. The number of carbonyl (C=O) groups excluding carboxylic acids is 1. The molecule has 0 saturated heterocycles. The summed E-state index contributed by atoms with van der Waals surface area (Å²) >= 11 is 0. The predicted molar refractivity (Wildman–Crippen MR) is 81.8 cm³/mol. The summed E-state index contributed by atoms with van der Waals surface area (Å²) in [5, 5.41) is 2.56. The molecule has 1 aromatic carbocycles. The van der Waals surface area contributed by atoms with E-state index in [-0.39, 0.29) is 30.5 Å². The maximum atomic E-state index is 12.8. The van der Waals surface area contributed by atoms with Gasteiger partial charge in [-0.1, -0.05) is 12.8 Å². The van der Waals surface area contributed by atoms with Crippen molar-refractivity contribution in [3.63, 3.8) is 0 Å². The molecule has 1 aliphatic rings. The van der Waals surface area contributed by atoms with Crippen molar-refractivity contribution in [2.75, 3.05) is 5.32 Å². The molecule has 2 rings (SSSR count). The molecule has 3 nitrogen and oxygen atoms in total. The summed E-state index contributed by atoms with van der Waals surface area (Å²) in [6, 6.07) is 3.44. The van der Waals surface area contributed by atoms with Gasteiger partial charge in [-0.3, -0.25) is 4.79 Å². The highest BCUT2D eigenvalue weighted by Gasteiger charge is 2.31. The van der Waals surface area contributed by atoms with Crippen LogP contribution in [0.2, 0.25) is 0 Å². The molecule has 3 N–H and O–H groups in total. The van der Waals surface area contributed by atoms with Gasteiger partial charge in [0, 0.05) is 18.7 Å². The van der Waals surface area contributed by atoms with Crippen LogP contribution in [0.15, 0.2) is 18.2 Å². The van der Waals surface area contributed by atoms with Crippen LogP contribution in [0.25, 0.3) is 0 Å². The maximum Gasteiger partial charge on any atom is 0.416 e. The molecule has 0 aromatic heterocycles. The van der Waals surface area contributed by atoms with Crippen molar-refractivity contribution >= 4 is 24.0 Å². The lowest BCUT2D eigenvalue weighted by Gasteiger charge is -2.13. The molecule has 0 aliphatic heterocycles. The van der Waals surface area contributed by atoms with Gasteiger partial charge in [0.15, 0.2) is 0 Å². The third-order valence-corrected chi connectivity index (χ3v) is 3.79. The van der Waals surface area contributed by atoms with Crippen molar-refractivity contribution in [3.8, 4) is 0 Å². The number of anilines is 1. The fourth-order valence-electron chi connectivity index (χ4n) is 2.73. The predicted octanol–water partition coefficient (Wildman–Crippen LogP) is 4.10. The van der Waals surface area contributed by atoms with E-state index in [2.05, 4.69) is 5.32 Å². The lowest BCUT2D eigenvalue weighted by atomic mass is 10.0. The Balaban J connectivity index is 0.00000242. The normalized spacial score (nSPS) is 15.5. The quantitative estimate of drug-likeness (QED) is 0.869. The van der Waals surface area contributed by atoms with Crippen molar-refractivity contribution in [1.29, 1.82) is 0 Å². The number of hydrogen-bond acceptors (Lipinski definition) is 2. The van der Waals surface area contributed by atoms with E-state index >= 15 is 0 Å². The Kier molecular flexibility index (Phi) is 6.68. The van der Waals surface area contributed by atoms with Gasteiger partial charge in [0.05, 0.1) is 5.56 Å². The number of hydrogen-bond donors (Lipinski definition) is 2. The highest BCUT2D eigenvalue weighted by molar-refractivity contribution is 5.91. The van der Waals surface area contributed by atoms with Gasteiger partial charge in [-0.2, -0.15) is 13.2 Å². The first-order valence-electron chi connectivity index (χ1n) is 7.09. The average Bonchev–Trinajstić information content (AvgIpc) is 2.89. The topological polar surface area (TPSA) is 55.1 Å². The van der Waals surface area contributed by atoms with Crippen LogP contribution in [0.1, 0.15) is 43.2 Å². The van der Waals surface area contributed by atoms with Gasteiger partial charge in [0.25, 0.3) is 0 Å². The first-order valence-corrected chi connectivity index (χ1v) is 7.09. The second-order valence-corrected chi connectivity index (χ2v) is 5.52. The molecule has 0 heterocycles. The number of alkyl halides is 3. The fraction of sp³-hybridized carbons (Fsp3) is 0.533. The van der Waals surface area contributed by atoms with Crippen LogP contribution in [0, 0.1) is 5.92 Å². The number of rotatable bonds is 4. The zero-order chi connectivity index (χ0) is 15.5. The van der Waals surface area contributed by atoms with Gasteiger partial charge in [0.2, 0.25) is 5.91 Å². The molecule has 0 spiro atoms. The van der Waals surface area contributed by atoms with Crippen molar-refractivity contribution < 1.29 is 18.0 Å². The molecule has 7 heteroatoms. The zero-order valence-electron chi connectivity index (χ0n) is 12.1. The van der Waals surface area contributed by atoms with E-state index in [1.165, 1.54) is 6.07 Å². The Hall–Kier alpha value is -1.27. The Morgan fingerprint density at radius 1 is 1.23 bits per heavy atom. The summed E-state index contributed by atoms with van der Waals surface area (Å²) in [5.41, 5.74) is 5.13. The fourth-order valence-corrected chi connectivity index (χ4v) is 2.73. The van der Waals surface area contributed by atoms with Crippen molar-refractivity contribution in [2.45, 2.75) is 44.8 Å². The summed E-state index contributed by atoms with van der Waals surface area (Å²) in [5.74, 6) is 0.119. The molecule has 1 saturated carbocycles. The van der Waals surface area contributed by atoms with Gasteiger partial charge in [-0.15, -0.1) is 12.4 Å². The molecule has 0 bridgehead atoms. The van der Waals surface area contributed by atoms with E-state index in [9.17, 15) is 18.0 Å². The van der Waals surface area contributed by atoms with Crippen LogP contribution in [0.3, 0.4) is 0 Å². The summed E-state index contributed by atoms with van der Waals surface area (Å²) in [4.78, 5) is 11.9. The van der Waals surface area contributed by atoms with Gasteiger partial charge in [-0.25, -0.2) is 0 Å². The summed E-state index contributed by atoms with van der Waals surface area (Å²) in [6.07, 6.45) is 0.204. The lowest BCUT2D eigenvalue weighted by molar-refractivity contribution is -0.137. The Labute approximate surface area is 133 Å². The number of carbonyl (C=O) groups is 1. The minimum Gasteiger partial charge on any atom is -0.326 e. The minimum atomic E-state index is -4.45. The number of halogens is 4. The van der Waals surface area contributed by atoms with E-state index in [1.54, 1.807) is 0 Å². The van der Waals surface area contributed by atoms with Crippen LogP contribution in [0.4, 0.5) is 18.9 Å². The molecule has 22 heavy (non-hydrogen) atoms. The monoisotopic (exact) mass is 336 g/mol. The highest BCUT2D eigenvalue weighted by Crippen LogP contribution is 2.32. The van der Waals surface area contributed by atoms with Crippen molar-refractivity contribution in [3.05, 3.63) is 29.3 Å². The molecule has 1 fully saturated rings. The molecule has 0 radical (unpaired) electrons. The van der Waals surface area contributed by atoms with E-state index in [0.29, 0.717) is 17.9 Å². The van der Waals surface area contributed by atoms with Crippen LogP contribution in [-0.4, -0.2) is 5.91 Å².